The van der Waals surface area contributed by atoms with Crippen LogP contribution in [0.3, 0.4) is 0 Å². The van der Waals surface area contributed by atoms with Gasteiger partial charge in [0.15, 0.2) is 0 Å². The third-order valence-corrected chi connectivity index (χ3v) is 1.82. The normalized spacial score (nSPS) is 7.82. The summed E-state index contributed by atoms with van der Waals surface area (Å²) in [6.45, 7) is 18.3. The van der Waals surface area contributed by atoms with Crippen molar-refractivity contribution in [2.45, 2.75) is 81.6 Å². The highest BCUT2D eigenvalue weighted by Crippen LogP contribution is 2.08. The predicted octanol–water partition coefficient (Wildman–Crippen LogP) is 5.31. The van der Waals surface area contributed by atoms with E-state index in [1.807, 2.05) is 48.5 Å². The molecule has 0 bridgehead atoms. The van der Waals surface area contributed by atoms with Crippen LogP contribution >= 0.6 is 0 Å². The van der Waals surface area contributed by atoms with Gasteiger partial charge < -0.3 is 4.98 Å². The van der Waals surface area contributed by atoms with Gasteiger partial charge in [0.05, 0.1) is 5.69 Å². The second-order valence-electron chi connectivity index (χ2n) is 2.85. The molecule has 1 N–H and O–H groups in total. The van der Waals surface area contributed by atoms with Crippen molar-refractivity contribution in [3.63, 3.8) is 0 Å². The van der Waals surface area contributed by atoms with Gasteiger partial charge in [-0.3, -0.25) is 0 Å². The first-order valence-electron chi connectivity index (χ1n) is 7.32. The minimum absolute atomic E-state index is 1.04. The topological polar surface area (TPSA) is 28.7 Å². The van der Waals surface area contributed by atoms with E-state index in [1.165, 1.54) is 17.8 Å². The summed E-state index contributed by atoms with van der Waals surface area (Å²) in [6, 6.07) is 0. The fourth-order valence-electron chi connectivity index (χ4n) is 1.34. The Morgan fingerprint density at radius 2 is 1.41 bits per heavy atom. The Morgan fingerprint density at radius 1 is 0.941 bits per heavy atom. The first kappa shape index (κ1) is 21.5. The van der Waals surface area contributed by atoms with Crippen LogP contribution in [0.4, 0.5) is 0 Å². The summed E-state index contributed by atoms with van der Waals surface area (Å²) in [5.74, 6) is 1.05. The van der Waals surface area contributed by atoms with Crippen LogP contribution in [0.2, 0.25) is 0 Å². The first-order valence-corrected chi connectivity index (χ1v) is 7.32. The van der Waals surface area contributed by atoms with E-state index in [2.05, 4.69) is 23.8 Å². The fraction of sp³-hybridized carbons (Fsp3) is 0.800. The molecule has 1 rings (SSSR count). The van der Waals surface area contributed by atoms with Crippen molar-refractivity contribution in [3.8, 4) is 0 Å². The SMILES string of the molecule is CC.CC.CC.CCCc1[nH]c(C)nc1CC. The zero-order chi connectivity index (χ0) is 14.3. The number of rotatable bonds is 3. The third kappa shape index (κ3) is 10.1. The van der Waals surface area contributed by atoms with Gasteiger partial charge in [-0.05, 0) is 19.8 Å². The Hall–Kier alpha value is -0.790. The van der Waals surface area contributed by atoms with Crippen LogP contribution in [0.15, 0.2) is 0 Å². The standard InChI is InChI=1S/C9H16N2.3C2H6/c1-4-6-9-8(5-2)10-7(3)11-9;3*1-2/h4-6H2,1-3H3,(H,10,11);3*1-2H3. The average molecular weight is 242 g/mol. The molecule has 17 heavy (non-hydrogen) atoms. The molecule has 0 saturated carbocycles. The molecular formula is C15H34N2. The molecule has 0 spiro atoms. The second kappa shape index (κ2) is 17.6. The summed E-state index contributed by atoms with van der Waals surface area (Å²) in [7, 11) is 0. The van der Waals surface area contributed by atoms with Gasteiger partial charge in [0.2, 0.25) is 0 Å². The molecule has 0 unspecified atom stereocenters. The van der Waals surface area contributed by atoms with Crippen LogP contribution < -0.4 is 0 Å². The maximum atomic E-state index is 4.39. The Balaban J connectivity index is -0.000000285. The summed E-state index contributed by atoms with van der Waals surface area (Å²) in [4.78, 5) is 7.68. The number of nitrogens with one attached hydrogen (secondary N) is 1. The molecule has 0 radical (unpaired) electrons. The van der Waals surface area contributed by atoms with Gasteiger partial charge in [-0.2, -0.15) is 0 Å². The van der Waals surface area contributed by atoms with E-state index >= 15 is 0 Å². The molecule has 1 heterocycles. The summed E-state index contributed by atoms with van der Waals surface area (Å²) >= 11 is 0. The molecule has 0 atom stereocenters. The lowest BCUT2D eigenvalue weighted by atomic mass is 10.2. The van der Waals surface area contributed by atoms with Crippen LogP contribution in [-0.2, 0) is 12.8 Å². The minimum atomic E-state index is 1.04. The highest BCUT2D eigenvalue weighted by molar-refractivity contribution is 5.14. The molecule has 0 aliphatic heterocycles. The van der Waals surface area contributed by atoms with Crippen molar-refractivity contribution in [2.75, 3.05) is 0 Å². The van der Waals surface area contributed by atoms with Gasteiger partial charge in [0, 0.05) is 5.69 Å². The lowest BCUT2D eigenvalue weighted by Gasteiger charge is -1.95. The Kier molecular flexibility index (Phi) is 22.2. The molecule has 0 amide bonds. The molecule has 2 nitrogen and oxygen atoms in total. The number of imidazole rings is 1. The molecule has 0 fully saturated rings. The smallest absolute Gasteiger partial charge is 0.103 e. The minimum Gasteiger partial charge on any atom is -0.346 e. The highest BCUT2D eigenvalue weighted by Gasteiger charge is 2.03. The van der Waals surface area contributed by atoms with E-state index in [-0.39, 0.29) is 0 Å². The summed E-state index contributed by atoms with van der Waals surface area (Å²) < 4.78 is 0. The molecule has 1 aromatic rings. The molecule has 0 aliphatic rings. The Morgan fingerprint density at radius 3 is 1.76 bits per heavy atom. The second-order valence-corrected chi connectivity index (χ2v) is 2.85. The van der Waals surface area contributed by atoms with Gasteiger partial charge in [-0.15, -0.1) is 0 Å². The number of H-pyrrole nitrogens is 1. The molecule has 2 heteroatoms. The maximum absolute atomic E-state index is 4.39. The van der Waals surface area contributed by atoms with Crippen molar-refractivity contribution in [1.82, 2.24) is 9.97 Å². The highest BCUT2D eigenvalue weighted by atomic mass is 14.9. The van der Waals surface area contributed by atoms with Gasteiger partial charge >= 0.3 is 0 Å². The predicted molar refractivity (Wildman–Crippen MR) is 80.7 cm³/mol. The molecule has 0 saturated heterocycles. The van der Waals surface area contributed by atoms with E-state index in [1.54, 1.807) is 0 Å². The van der Waals surface area contributed by atoms with Crippen LogP contribution in [0.5, 0.6) is 0 Å². The van der Waals surface area contributed by atoms with E-state index in [4.69, 9.17) is 0 Å². The number of aromatic nitrogens is 2. The number of aryl methyl sites for hydroxylation is 3. The van der Waals surface area contributed by atoms with Gasteiger partial charge in [-0.1, -0.05) is 61.8 Å². The Bertz CT molecular complexity index is 227. The van der Waals surface area contributed by atoms with E-state index in [0.29, 0.717) is 0 Å². The molecule has 1 aromatic heterocycles. The molecule has 0 aliphatic carbocycles. The summed E-state index contributed by atoms with van der Waals surface area (Å²) in [5, 5.41) is 0. The Labute approximate surface area is 109 Å². The number of nitrogens with zero attached hydrogens (tertiary/aromatic N) is 1. The van der Waals surface area contributed by atoms with E-state index in [0.717, 1.165) is 18.7 Å². The lowest BCUT2D eigenvalue weighted by Crippen LogP contribution is -1.89. The number of hydrogen-bond donors (Lipinski definition) is 1. The van der Waals surface area contributed by atoms with E-state index < -0.39 is 0 Å². The number of aromatic amines is 1. The van der Waals surface area contributed by atoms with E-state index in [9.17, 15) is 0 Å². The van der Waals surface area contributed by atoms with Crippen molar-refractivity contribution >= 4 is 0 Å². The quantitative estimate of drug-likeness (QED) is 0.764. The fourth-order valence-corrected chi connectivity index (χ4v) is 1.34. The van der Waals surface area contributed by atoms with Crippen LogP contribution in [-0.4, -0.2) is 9.97 Å². The van der Waals surface area contributed by atoms with Crippen molar-refractivity contribution in [2.24, 2.45) is 0 Å². The lowest BCUT2D eigenvalue weighted by molar-refractivity contribution is 0.866. The summed E-state index contributed by atoms with van der Waals surface area (Å²) in [5.41, 5.74) is 2.57. The largest absolute Gasteiger partial charge is 0.346 e. The third-order valence-electron chi connectivity index (χ3n) is 1.82. The van der Waals surface area contributed by atoms with Gasteiger partial charge in [0.1, 0.15) is 5.82 Å². The van der Waals surface area contributed by atoms with Crippen molar-refractivity contribution in [3.05, 3.63) is 17.2 Å². The first-order chi connectivity index (χ1) is 8.27. The monoisotopic (exact) mass is 242 g/mol. The van der Waals surface area contributed by atoms with Gasteiger partial charge in [0.25, 0.3) is 0 Å². The van der Waals surface area contributed by atoms with Crippen LogP contribution in [0, 0.1) is 6.92 Å². The number of hydrogen-bond acceptors (Lipinski definition) is 1. The average Bonchev–Trinajstić information content (AvgIpc) is 2.77. The van der Waals surface area contributed by atoms with Crippen molar-refractivity contribution < 1.29 is 0 Å². The molecule has 104 valence electrons. The van der Waals surface area contributed by atoms with Gasteiger partial charge in [-0.25, -0.2) is 4.98 Å². The molecule has 0 aromatic carbocycles. The zero-order valence-corrected chi connectivity index (χ0v) is 13.6. The maximum Gasteiger partial charge on any atom is 0.103 e. The van der Waals surface area contributed by atoms with Crippen LogP contribution in [0.1, 0.15) is 79.0 Å². The molecular weight excluding hydrogens is 208 g/mol. The summed E-state index contributed by atoms with van der Waals surface area (Å²) in [6.07, 6.45) is 3.36. The van der Waals surface area contributed by atoms with Crippen molar-refractivity contribution in [1.29, 1.82) is 0 Å². The zero-order valence-electron chi connectivity index (χ0n) is 13.6. The van der Waals surface area contributed by atoms with Crippen LogP contribution in [0.25, 0.3) is 0 Å².